The van der Waals surface area contributed by atoms with Crippen molar-refractivity contribution in [2.45, 2.75) is 13.5 Å². The highest BCUT2D eigenvalue weighted by molar-refractivity contribution is 6.14. The zero-order chi connectivity index (χ0) is 24.1. The van der Waals surface area contributed by atoms with Gasteiger partial charge in [0.1, 0.15) is 17.3 Å². The minimum atomic E-state index is -0.506. The smallest absolute Gasteiger partial charge is 0.329 e. The van der Waals surface area contributed by atoms with E-state index in [4.69, 9.17) is 4.74 Å². The van der Waals surface area contributed by atoms with Gasteiger partial charge in [-0.25, -0.2) is 9.18 Å². The van der Waals surface area contributed by atoms with E-state index in [1.54, 1.807) is 24.3 Å². The highest BCUT2D eigenvalue weighted by Crippen LogP contribution is 2.23. The van der Waals surface area contributed by atoms with Crippen LogP contribution in [0.4, 0.5) is 14.9 Å². The van der Waals surface area contributed by atoms with Gasteiger partial charge in [-0.05, 0) is 48.9 Å². The Bertz CT molecular complexity index is 1250. The summed E-state index contributed by atoms with van der Waals surface area (Å²) < 4.78 is 18.6. The predicted molar refractivity (Wildman–Crippen MR) is 125 cm³/mol. The minimum absolute atomic E-state index is 0.115. The number of para-hydroxylation sites is 1. The van der Waals surface area contributed by atoms with Gasteiger partial charge >= 0.3 is 6.03 Å². The molecule has 172 valence electrons. The Morgan fingerprint density at radius 3 is 2.47 bits per heavy atom. The molecule has 0 aromatic heterocycles. The molecule has 2 N–H and O–H groups in total. The SMILES string of the molecule is Cc1ccc(CN2C(=O)N/C(=C/c3ccccc3OCC(=O)Nc3ccc(F)cc3)C2=O)cc1. The lowest BCUT2D eigenvalue weighted by Gasteiger charge is -2.12. The summed E-state index contributed by atoms with van der Waals surface area (Å²) in [6.45, 7) is 1.83. The molecule has 1 fully saturated rings. The number of carbonyl (C=O) groups is 3. The highest BCUT2D eigenvalue weighted by atomic mass is 19.1. The lowest BCUT2D eigenvalue weighted by molar-refractivity contribution is -0.123. The van der Waals surface area contributed by atoms with E-state index in [0.29, 0.717) is 17.0 Å². The van der Waals surface area contributed by atoms with Crippen molar-refractivity contribution in [3.05, 3.63) is 101 Å². The quantitative estimate of drug-likeness (QED) is 0.409. The van der Waals surface area contributed by atoms with E-state index >= 15 is 0 Å². The Labute approximate surface area is 195 Å². The number of nitrogens with zero attached hydrogens (tertiary/aromatic N) is 1. The maximum Gasteiger partial charge on any atom is 0.329 e. The summed E-state index contributed by atoms with van der Waals surface area (Å²) in [6.07, 6.45) is 1.52. The molecule has 34 heavy (non-hydrogen) atoms. The van der Waals surface area contributed by atoms with Gasteiger partial charge in [0.15, 0.2) is 6.61 Å². The number of urea groups is 1. The number of benzene rings is 3. The second kappa shape index (κ2) is 9.99. The van der Waals surface area contributed by atoms with Gasteiger partial charge in [-0.3, -0.25) is 14.5 Å². The first-order valence-electron chi connectivity index (χ1n) is 10.6. The average molecular weight is 459 g/mol. The van der Waals surface area contributed by atoms with Gasteiger partial charge in [-0.1, -0.05) is 48.0 Å². The maximum atomic E-state index is 13.0. The van der Waals surface area contributed by atoms with Crippen molar-refractivity contribution in [3.8, 4) is 5.75 Å². The van der Waals surface area contributed by atoms with Crippen molar-refractivity contribution in [3.63, 3.8) is 0 Å². The third kappa shape index (κ3) is 5.47. The number of ether oxygens (including phenoxy) is 1. The van der Waals surface area contributed by atoms with Gasteiger partial charge in [0.05, 0.1) is 6.54 Å². The standard InChI is InChI=1S/C26H22FN3O4/c1-17-6-8-18(9-7-17)15-30-25(32)22(29-26(30)33)14-19-4-2-3-5-23(19)34-16-24(31)28-21-12-10-20(27)11-13-21/h2-14H,15-16H2,1H3,(H,28,31)(H,29,33)/b22-14+. The first-order valence-corrected chi connectivity index (χ1v) is 10.6. The van der Waals surface area contributed by atoms with Gasteiger partial charge in [0.2, 0.25) is 0 Å². The average Bonchev–Trinajstić information content (AvgIpc) is 3.08. The van der Waals surface area contributed by atoms with Crippen LogP contribution < -0.4 is 15.4 Å². The fourth-order valence-electron chi connectivity index (χ4n) is 3.35. The van der Waals surface area contributed by atoms with E-state index in [0.717, 1.165) is 16.0 Å². The minimum Gasteiger partial charge on any atom is -0.483 e. The summed E-state index contributed by atoms with van der Waals surface area (Å²) in [7, 11) is 0. The van der Waals surface area contributed by atoms with Crippen LogP contribution >= 0.6 is 0 Å². The maximum absolute atomic E-state index is 13.0. The van der Waals surface area contributed by atoms with Crippen LogP contribution in [-0.2, 0) is 16.1 Å². The van der Waals surface area contributed by atoms with E-state index in [9.17, 15) is 18.8 Å². The van der Waals surface area contributed by atoms with Crippen LogP contribution in [0.1, 0.15) is 16.7 Å². The number of hydrogen-bond donors (Lipinski definition) is 2. The van der Waals surface area contributed by atoms with E-state index < -0.39 is 23.7 Å². The van der Waals surface area contributed by atoms with Crippen molar-refractivity contribution < 1.29 is 23.5 Å². The predicted octanol–water partition coefficient (Wildman–Crippen LogP) is 4.24. The van der Waals surface area contributed by atoms with Gasteiger partial charge in [0.25, 0.3) is 11.8 Å². The summed E-state index contributed by atoms with van der Waals surface area (Å²) >= 11 is 0. The summed E-state index contributed by atoms with van der Waals surface area (Å²) in [5.41, 5.74) is 3.01. The molecule has 7 nitrogen and oxygen atoms in total. The number of hydrogen-bond acceptors (Lipinski definition) is 4. The molecule has 1 aliphatic heterocycles. The lowest BCUT2D eigenvalue weighted by Crippen LogP contribution is -2.30. The van der Waals surface area contributed by atoms with Gasteiger partial charge in [0, 0.05) is 11.3 Å². The molecule has 0 aliphatic carbocycles. The Hall–Kier alpha value is -4.46. The zero-order valence-electron chi connectivity index (χ0n) is 18.4. The number of imide groups is 1. The van der Waals surface area contributed by atoms with Crippen LogP contribution in [0.5, 0.6) is 5.75 Å². The van der Waals surface area contributed by atoms with E-state index in [-0.39, 0.29) is 18.8 Å². The van der Waals surface area contributed by atoms with Crippen LogP contribution in [0.3, 0.4) is 0 Å². The van der Waals surface area contributed by atoms with Crippen molar-refractivity contribution in [1.29, 1.82) is 0 Å². The monoisotopic (exact) mass is 459 g/mol. The molecule has 0 atom stereocenters. The van der Waals surface area contributed by atoms with Crippen LogP contribution in [0.2, 0.25) is 0 Å². The van der Waals surface area contributed by atoms with Gasteiger partial charge < -0.3 is 15.4 Å². The van der Waals surface area contributed by atoms with Gasteiger partial charge in [-0.15, -0.1) is 0 Å². The van der Waals surface area contributed by atoms with E-state index in [1.165, 1.54) is 30.3 Å². The van der Waals surface area contributed by atoms with Crippen molar-refractivity contribution in [2.24, 2.45) is 0 Å². The normalized spacial score (nSPS) is 14.3. The fourth-order valence-corrected chi connectivity index (χ4v) is 3.35. The van der Waals surface area contributed by atoms with Crippen LogP contribution in [0, 0.1) is 12.7 Å². The Balaban J connectivity index is 1.43. The molecule has 0 spiro atoms. The molecule has 1 heterocycles. The van der Waals surface area contributed by atoms with E-state index in [2.05, 4.69) is 10.6 Å². The first-order chi connectivity index (χ1) is 16.4. The molecule has 3 aromatic carbocycles. The zero-order valence-corrected chi connectivity index (χ0v) is 18.4. The largest absolute Gasteiger partial charge is 0.483 e. The number of carbonyl (C=O) groups excluding carboxylic acids is 3. The number of anilines is 1. The molecule has 0 bridgehead atoms. The van der Waals surface area contributed by atoms with Crippen molar-refractivity contribution in [1.82, 2.24) is 10.2 Å². The first kappa shape index (κ1) is 22.7. The molecule has 1 saturated heterocycles. The number of halogens is 1. The number of amides is 4. The molecule has 3 aromatic rings. The molecule has 4 amide bonds. The molecular weight excluding hydrogens is 437 g/mol. The molecule has 0 unspecified atom stereocenters. The molecule has 4 rings (SSSR count). The van der Waals surface area contributed by atoms with Crippen LogP contribution in [0.15, 0.2) is 78.5 Å². The summed E-state index contributed by atoms with van der Waals surface area (Å²) in [6, 6.07) is 19.3. The third-order valence-electron chi connectivity index (χ3n) is 5.13. The Morgan fingerprint density at radius 2 is 1.74 bits per heavy atom. The molecule has 1 aliphatic rings. The second-order valence-electron chi connectivity index (χ2n) is 7.75. The Kier molecular flexibility index (Phi) is 6.68. The fraction of sp³-hybridized carbons (Fsp3) is 0.115. The summed E-state index contributed by atoms with van der Waals surface area (Å²) in [5.74, 6) is -0.913. The van der Waals surface area contributed by atoms with Crippen molar-refractivity contribution in [2.75, 3.05) is 11.9 Å². The van der Waals surface area contributed by atoms with Crippen LogP contribution in [0.25, 0.3) is 6.08 Å². The van der Waals surface area contributed by atoms with Gasteiger partial charge in [-0.2, -0.15) is 0 Å². The number of nitrogens with one attached hydrogen (secondary N) is 2. The molecule has 8 heteroatoms. The molecule has 0 radical (unpaired) electrons. The highest BCUT2D eigenvalue weighted by Gasteiger charge is 2.33. The number of rotatable bonds is 7. The third-order valence-corrected chi connectivity index (χ3v) is 5.13. The summed E-state index contributed by atoms with van der Waals surface area (Å²) in [5, 5.41) is 5.21. The molecule has 0 saturated carbocycles. The topological polar surface area (TPSA) is 87.7 Å². The lowest BCUT2D eigenvalue weighted by atomic mass is 10.1. The Morgan fingerprint density at radius 1 is 1.03 bits per heavy atom. The molecular formula is C26H22FN3O4. The second-order valence-corrected chi connectivity index (χ2v) is 7.75. The summed E-state index contributed by atoms with van der Waals surface area (Å²) in [4.78, 5) is 38.6. The van der Waals surface area contributed by atoms with Crippen LogP contribution in [-0.4, -0.2) is 29.4 Å². The number of aryl methyl sites for hydroxylation is 1. The van der Waals surface area contributed by atoms with Crippen molar-refractivity contribution >= 4 is 29.6 Å². The van der Waals surface area contributed by atoms with E-state index in [1.807, 2.05) is 31.2 Å².